The molecule has 1 heterocycles. The number of halogens is 1. The van der Waals surface area contributed by atoms with Crippen LogP contribution in [0.3, 0.4) is 0 Å². The van der Waals surface area contributed by atoms with Crippen LogP contribution in [-0.4, -0.2) is 48.2 Å². The molecule has 6 heteroatoms. The van der Waals surface area contributed by atoms with Crippen molar-refractivity contribution in [3.8, 4) is 11.1 Å². The molecule has 1 aliphatic rings. The number of amides is 1. The molecule has 4 rings (SSSR count). The van der Waals surface area contributed by atoms with Crippen molar-refractivity contribution in [2.45, 2.75) is 31.8 Å². The van der Waals surface area contributed by atoms with Gasteiger partial charge in [0, 0.05) is 25.8 Å². The molecule has 3 aromatic carbocycles. The summed E-state index contributed by atoms with van der Waals surface area (Å²) in [6.07, 6.45) is 4.42. The molecular weight excluding hydrogens is 409 g/mol. The van der Waals surface area contributed by atoms with Crippen LogP contribution in [-0.2, 0) is 4.74 Å². The molecule has 0 radical (unpaired) electrons. The molecule has 1 N–H and O–H groups in total. The monoisotopic (exact) mass is 435 g/mol. The number of carboxylic acid groups (broad SMARTS) is 1. The maximum absolute atomic E-state index is 13.8. The van der Waals surface area contributed by atoms with Gasteiger partial charge < -0.3 is 14.7 Å². The molecule has 1 atom stereocenters. The van der Waals surface area contributed by atoms with Gasteiger partial charge in [0.05, 0.1) is 11.7 Å². The molecule has 0 aliphatic carbocycles. The van der Waals surface area contributed by atoms with Crippen molar-refractivity contribution in [1.82, 2.24) is 4.90 Å². The number of ether oxygens (including phenoxy) is 1. The summed E-state index contributed by atoms with van der Waals surface area (Å²) in [5, 5.41) is 11.0. The van der Waals surface area contributed by atoms with Gasteiger partial charge in [0.2, 0.25) is 0 Å². The number of aromatic carboxylic acids is 1. The fourth-order valence-electron chi connectivity index (χ4n) is 4.28. The average Bonchev–Trinajstić information content (AvgIpc) is 3.31. The third kappa shape index (κ3) is 4.65. The van der Waals surface area contributed by atoms with Gasteiger partial charge in [0.1, 0.15) is 5.82 Å². The number of carbonyl (C=O) groups is 2. The zero-order chi connectivity index (χ0) is 22.7. The predicted molar refractivity (Wildman–Crippen MR) is 121 cm³/mol. The zero-order valence-corrected chi connectivity index (χ0v) is 18.0. The van der Waals surface area contributed by atoms with Gasteiger partial charge in [-0.15, -0.1) is 0 Å². The Hall–Kier alpha value is -3.25. The van der Waals surface area contributed by atoms with Crippen molar-refractivity contribution in [3.63, 3.8) is 0 Å². The van der Waals surface area contributed by atoms with Crippen molar-refractivity contribution in [1.29, 1.82) is 0 Å². The molecule has 32 heavy (non-hydrogen) atoms. The normalized spacial score (nSPS) is 15.8. The predicted octanol–water partition coefficient (Wildman–Crippen LogP) is 5.38. The van der Waals surface area contributed by atoms with Gasteiger partial charge >= 0.3 is 5.97 Å². The first-order valence-corrected chi connectivity index (χ1v) is 10.9. The molecule has 0 aromatic heterocycles. The minimum Gasteiger partial charge on any atom is -0.478 e. The molecule has 0 spiro atoms. The van der Waals surface area contributed by atoms with Crippen molar-refractivity contribution in [2.75, 3.05) is 20.2 Å². The fourth-order valence-corrected chi connectivity index (χ4v) is 4.28. The van der Waals surface area contributed by atoms with E-state index >= 15 is 0 Å². The van der Waals surface area contributed by atoms with Crippen LogP contribution in [0.15, 0.2) is 54.6 Å². The highest BCUT2D eigenvalue weighted by Gasteiger charge is 2.18. The molecule has 5 nitrogen and oxygen atoms in total. The molecule has 1 saturated heterocycles. The Kier molecular flexibility index (Phi) is 6.51. The van der Waals surface area contributed by atoms with Gasteiger partial charge in [-0.1, -0.05) is 30.3 Å². The lowest BCUT2D eigenvalue weighted by Gasteiger charge is -2.19. The zero-order valence-electron chi connectivity index (χ0n) is 18.0. The molecule has 1 aliphatic heterocycles. The Morgan fingerprint density at radius 1 is 1.16 bits per heavy atom. The van der Waals surface area contributed by atoms with Gasteiger partial charge in [-0.2, -0.15) is 0 Å². The lowest BCUT2D eigenvalue weighted by molar-refractivity contribution is 0.0691. The molecule has 1 fully saturated rings. The van der Waals surface area contributed by atoms with E-state index in [2.05, 4.69) is 0 Å². The second-order valence-corrected chi connectivity index (χ2v) is 8.25. The standard InChI is InChI=1S/C26H26FNO4/c1-28(13-3-6-20-7-4-14-32-20)25(29)19-9-11-22-17(15-19)5-2-8-21(22)18-10-12-24(27)23(16-18)26(30)31/h2,5,8-12,15-16,20H,3-4,6-7,13-14H2,1H3,(H,30,31). The first-order chi connectivity index (χ1) is 15.4. The number of nitrogens with zero attached hydrogens (tertiary/aromatic N) is 1. The molecule has 1 unspecified atom stereocenters. The summed E-state index contributed by atoms with van der Waals surface area (Å²) in [6, 6.07) is 15.2. The SMILES string of the molecule is CN(CCCC1CCCO1)C(=O)c1ccc2c(-c3ccc(F)c(C(=O)O)c3)cccc2c1. The number of carbonyl (C=O) groups excluding carboxylic acids is 1. The van der Waals surface area contributed by atoms with Crippen LogP contribution in [0.25, 0.3) is 21.9 Å². The highest BCUT2D eigenvalue weighted by atomic mass is 19.1. The van der Waals surface area contributed by atoms with E-state index in [-0.39, 0.29) is 11.5 Å². The van der Waals surface area contributed by atoms with Crippen molar-refractivity contribution < 1.29 is 23.8 Å². The Morgan fingerprint density at radius 2 is 2.00 bits per heavy atom. The second kappa shape index (κ2) is 9.49. The van der Waals surface area contributed by atoms with Crippen LogP contribution >= 0.6 is 0 Å². The fraction of sp³-hybridized carbons (Fsp3) is 0.308. The summed E-state index contributed by atoms with van der Waals surface area (Å²) in [6.45, 7) is 1.51. The highest BCUT2D eigenvalue weighted by molar-refractivity contribution is 6.03. The maximum atomic E-state index is 13.8. The number of carboxylic acids is 1. The summed E-state index contributed by atoms with van der Waals surface area (Å²) in [5.41, 5.74) is 1.63. The molecular formula is C26H26FNO4. The van der Waals surface area contributed by atoms with Crippen molar-refractivity contribution in [2.24, 2.45) is 0 Å². The molecule has 166 valence electrons. The van der Waals surface area contributed by atoms with Crippen LogP contribution in [0.1, 0.15) is 46.4 Å². The summed E-state index contributed by atoms with van der Waals surface area (Å²) < 4.78 is 19.5. The quantitative estimate of drug-likeness (QED) is 0.541. The van der Waals surface area contributed by atoms with E-state index in [1.54, 1.807) is 17.0 Å². The summed E-state index contributed by atoms with van der Waals surface area (Å²) >= 11 is 0. The molecule has 3 aromatic rings. The van der Waals surface area contributed by atoms with E-state index < -0.39 is 11.8 Å². The number of rotatable bonds is 7. The van der Waals surface area contributed by atoms with Crippen LogP contribution in [0.4, 0.5) is 4.39 Å². The minimum atomic E-state index is -1.31. The van der Waals surface area contributed by atoms with Crippen molar-refractivity contribution >= 4 is 22.6 Å². The van der Waals surface area contributed by atoms with Gasteiger partial charge in [0.15, 0.2) is 0 Å². The number of benzene rings is 3. The highest BCUT2D eigenvalue weighted by Crippen LogP contribution is 2.31. The summed E-state index contributed by atoms with van der Waals surface area (Å²) in [4.78, 5) is 26.0. The van der Waals surface area contributed by atoms with E-state index in [4.69, 9.17) is 4.74 Å². The van der Waals surface area contributed by atoms with Gasteiger partial charge in [0.25, 0.3) is 5.91 Å². The van der Waals surface area contributed by atoms with E-state index in [9.17, 15) is 19.1 Å². The third-order valence-corrected chi connectivity index (χ3v) is 6.03. The lowest BCUT2D eigenvalue weighted by atomic mass is 9.95. The number of fused-ring (bicyclic) bond motifs is 1. The Labute approximate surface area is 186 Å². The molecule has 1 amide bonds. The van der Waals surface area contributed by atoms with E-state index in [1.807, 2.05) is 37.4 Å². The Bertz CT molecular complexity index is 1150. The Morgan fingerprint density at radius 3 is 2.75 bits per heavy atom. The second-order valence-electron chi connectivity index (χ2n) is 8.25. The van der Waals surface area contributed by atoms with Crippen LogP contribution < -0.4 is 0 Å². The van der Waals surface area contributed by atoms with Crippen molar-refractivity contribution in [3.05, 3.63) is 71.5 Å². The first kappa shape index (κ1) is 22.0. The smallest absolute Gasteiger partial charge is 0.338 e. The molecule has 0 saturated carbocycles. The van der Waals surface area contributed by atoms with Gasteiger partial charge in [-0.05, 0) is 71.8 Å². The van der Waals surface area contributed by atoms with E-state index in [1.165, 1.54) is 12.1 Å². The topological polar surface area (TPSA) is 66.8 Å². The van der Waals surface area contributed by atoms with E-state index in [0.717, 1.165) is 48.6 Å². The van der Waals surface area contributed by atoms with Crippen LogP contribution in [0.2, 0.25) is 0 Å². The van der Waals surface area contributed by atoms with Gasteiger partial charge in [-0.25, -0.2) is 9.18 Å². The van der Waals surface area contributed by atoms with E-state index in [0.29, 0.717) is 23.8 Å². The summed E-state index contributed by atoms with van der Waals surface area (Å²) in [7, 11) is 1.81. The minimum absolute atomic E-state index is 0.0420. The molecule has 0 bridgehead atoms. The lowest BCUT2D eigenvalue weighted by Crippen LogP contribution is -2.28. The largest absolute Gasteiger partial charge is 0.478 e. The van der Waals surface area contributed by atoms with Crippen LogP contribution in [0, 0.1) is 5.82 Å². The third-order valence-electron chi connectivity index (χ3n) is 6.03. The van der Waals surface area contributed by atoms with Crippen LogP contribution in [0.5, 0.6) is 0 Å². The Balaban J connectivity index is 1.54. The summed E-state index contributed by atoms with van der Waals surface area (Å²) in [5.74, 6) is -2.11. The van der Waals surface area contributed by atoms with Gasteiger partial charge in [-0.3, -0.25) is 4.79 Å². The average molecular weight is 435 g/mol. The number of hydrogen-bond acceptors (Lipinski definition) is 3. The maximum Gasteiger partial charge on any atom is 0.338 e. The number of hydrogen-bond donors (Lipinski definition) is 1. The first-order valence-electron chi connectivity index (χ1n) is 10.9.